The smallest absolute Gasteiger partial charge is 0.191 e. The Morgan fingerprint density at radius 2 is 2.33 bits per heavy atom. The summed E-state index contributed by atoms with van der Waals surface area (Å²) < 4.78 is 0. The second-order valence-corrected chi connectivity index (χ2v) is 5.84. The van der Waals surface area contributed by atoms with Gasteiger partial charge >= 0.3 is 0 Å². The number of rotatable bonds is 5. The maximum absolute atomic E-state index is 12.0. The summed E-state index contributed by atoms with van der Waals surface area (Å²) >= 11 is 3.21. The second kappa shape index (κ2) is 7.33. The molecule has 3 nitrogen and oxygen atoms in total. The van der Waals surface area contributed by atoms with Crippen molar-refractivity contribution in [1.29, 1.82) is 0 Å². The molecule has 0 fully saturated rings. The van der Waals surface area contributed by atoms with Crippen molar-refractivity contribution in [2.24, 2.45) is 0 Å². The zero-order valence-electron chi connectivity index (χ0n) is 10.1. The zero-order valence-corrected chi connectivity index (χ0v) is 13.4. The summed E-state index contributed by atoms with van der Waals surface area (Å²) in [6, 6.07) is 3.76. The minimum Gasteiger partial charge on any atom is -0.396 e. The number of thiophene rings is 1. The van der Waals surface area contributed by atoms with E-state index in [-0.39, 0.29) is 29.4 Å². The van der Waals surface area contributed by atoms with Gasteiger partial charge in [0, 0.05) is 23.6 Å². The maximum Gasteiger partial charge on any atom is 0.191 e. The number of thioether (sulfide) groups is 1. The van der Waals surface area contributed by atoms with Crippen molar-refractivity contribution in [3.05, 3.63) is 33.0 Å². The summed E-state index contributed by atoms with van der Waals surface area (Å²) in [6.07, 6.45) is 0.695. The van der Waals surface area contributed by atoms with Crippen LogP contribution in [0.1, 0.15) is 23.0 Å². The number of carbonyl (C=O) groups excluding carboxylic acids is 1. The number of ketones is 1. The van der Waals surface area contributed by atoms with E-state index in [9.17, 15) is 4.79 Å². The molecule has 0 atom stereocenters. The topological polar surface area (TPSA) is 40.5 Å². The first-order valence-corrected chi connectivity index (χ1v) is 7.34. The minimum absolute atomic E-state index is 0. The van der Waals surface area contributed by atoms with Crippen LogP contribution in [0.25, 0.3) is 0 Å². The third-order valence-electron chi connectivity index (χ3n) is 2.74. The fourth-order valence-corrected chi connectivity index (χ4v) is 3.57. The van der Waals surface area contributed by atoms with Crippen molar-refractivity contribution >= 4 is 45.9 Å². The largest absolute Gasteiger partial charge is 0.396 e. The standard InChI is InChI=1S/C12H15NO2S2.BrH/c1-9-11(4-5-14)17-8-13(9)7-10(15)12-3-2-6-16-12;/h2-3,6,14H,4-5,7-8H2,1H3;1H. The summed E-state index contributed by atoms with van der Waals surface area (Å²) in [5.41, 5.74) is 1.13. The number of hydrogen-bond donors (Lipinski definition) is 1. The van der Waals surface area contributed by atoms with Crippen molar-refractivity contribution in [3.8, 4) is 0 Å². The van der Waals surface area contributed by atoms with Crippen LogP contribution >= 0.6 is 40.1 Å². The molecule has 0 saturated heterocycles. The molecule has 2 rings (SSSR count). The molecule has 0 amide bonds. The molecule has 0 radical (unpaired) electrons. The van der Waals surface area contributed by atoms with E-state index in [1.54, 1.807) is 11.8 Å². The Balaban J connectivity index is 0.00000162. The molecule has 100 valence electrons. The van der Waals surface area contributed by atoms with E-state index >= 15 is 0 Å². The third-order valence-corrected chi connectivity index (χ3v) is 4.94. The fourth-order valence-electron chi connectivity index (χ4n) is 1.74. The normalized spacial score (nSPS) is 14.9. The van der Waals surface area contributed by atoms with Crippen LogP contribution in [-0.2, 0) is 0 Å². The first-order chi connectivity index (χ1) is 8.22. The Kier molecular flexibility index (Phi) is 6.42. The lowest BCUT2D eigenvalue weighted by Crippen LogP contribution is -2.25. The van der Waals surface area contributed by atoms with Crippen molar-refractivity contribution in [1.82, 2.24) is 4.90 Å². The third kappa shape index (κ3) is 3.60. The van der Waals surface area contributed by atoms with Crippen molar-refractivity contribution in [3.63, 3.8) is 0 Å². The Bertz CT molecular complexity index is 431. The highest BCUT2D eigenvalue weighted by atomic mass is 79.9. The van der Waals surface area contributed by atoms with Gasteiger partial charge in [0.1, 0.15) is 0 Å². The Hall–Kier alpha value is -0.300. The van der Waals surface area contributed by atoms with E-state index in [0.29, 0.717) is 13.0 Å². The SMILES string of the molecule is Br.CC1=C(CCO)SCN1CC(=O)c1cccs1. The van der Waals surface area contributed by atoms with Gasteiger partial charge in [-0.2, -0.15) is 0 Å². The van der Waals surface area contributed by atoms with Crippen LogP contribution in [-0.4, -0.2) is 34.8 Å². The molecular formula is C12H16BrNO2S2. The van der Waals surface area contributed by atoms with Crippen LogP contribution in [0.3, 0.4) is 0 Å². The van der Waals surface area contributed by atoms with Gasteiger partial charge in [0.05, 0.1) is 17.3 Å². The van der Waals surface area contributed by atoms with E-state index in [1.165, 1.54) is 16.2 Å². The summed E-state index contributed by atoms with van der Waals surface area (Å²) in [5, 5.41) is 10.9. The average molecular weight is 350 g/mol. The van der Waals surface area contributed by atoms with Crippen LogP contribution in [0, 0.1) is 0 Å². The number of hydrogen-bond acceptors (Lipinski definition) is 5. The molecule has 0 spiro atoms. The predicted octanol–water partition coefficient (Wildman–Crippen LogP) is 3.13. The van der Waals surface area contributed by atoms with E-state index in [1.807, 2.05) is 24.4 Å². The van der Waals surface area contributed by atoms with Gasteiger partial charge in [-0.15, -0.1) is 40.1 Å². The number of halogens is 1. The van der Waals surface area contributed by atoms with Crippen LogP contribution < -0.4 is 0 Å². The molecule has 1 N–H and O–H groups in total. The quantitative estimate of drug-likeness (QED) is 0.829. The van der Waals surface area contributed by atoms with Crippen LogP contribution in [0.5, 0.6) is 0 Å². The summed E-state index contributed by atoms with van der Waals surface area (Å²) in [4.78, 5) is 16.1. The number of allylic oxidation sites excluding steroid dienone is 1. The zero-order chi connectivity index (χ0) is 12.3. The molecule has 1 aliphatic rings. The molecule has 1 aromatic heterocycles. The van der Waals surface area contributed by atoms with Gasteiger partial charge in [-0.1, -0.05) is 6.07 Å². The Morgan fingerprint density at radius 1 is 1.56 bits per heavy atom. The highest BCUT2D eigenvalue weighted by Crippen LogP contribution is 2.33. The number of carbonyl (C=O) groups is 1. The highest BCUT2D eigenvalue weighted by Gasteiger charge is 2.21. The number of aliphatic hydroxyl groups is 1. The Labute approximate surface area is 126 Å². The van der Waals surface area contributed by atoms with Gasteiger partial charge in [0.2, 0.25) is 0 Å². The number of Topliss-reactive ketones (excluding diaryl/α,β-unsaturated/α-hetero) is 1. The average Bonchev–Trinajstić information content (AvgIpc) is 2.94. The molecule has 0 unspecified atom stereocenters. The van der Waals surface area contributed by atoms with Crippen molar-refractivity contribution in [2.45, 2.75) is 13.3 Å². The van der Waals surface area contributed by atoms with E-state index in [2.05, 4.69) is 4.90 Å². The lowest BCUT2D eigenvalue weighted by molar-refractivity contribution is 0.0962. The van der Waals surface area contributed by atoms with Gasteiger partial charge in [-0.05, 0) is 18.4 Å². The van der Waals surface area contributed by atoms with Crippen LogP contribution in [0.15, 0.2) is 28.1 Å². The lowest BCUT2D eigenvalue weighted by Gasteiger charge is -2.17. The van der Waals surface area contributed by atoms with Gasteiger partial charge in [0.25, 0.3) is 0 Å². The molecule has 6 heteroatoms. The van der Waals surface area contributed by atoms with E-state index in [4.69, 9.17) is 5.11 Å². The second-order valence-electron chi connectivity index (χ2n) is 3.85. The van der Waals surface area contributed by atoms with Crippen LogP contribution in [0.2, 0.25) is 0 Å². The molecule has 1 aliphatic heterocycles. The minimum atomic E-state index is 0. The maximum atomic E-state index is 12.0. The highest BCUT2D eigenvalue weighted by molar-refractivity contribution is 8.93. The molecule has 18 heavy (non-hydrogen) atoms. The Morgan fingerprint density at radius 3 is 2.94 bits per heavy atom. The molecule has 2 heterocycles. The van der Waals surface area contributed by atoms with Crippen molar-refractivity contribution < 1.29 is 9.90 Å². The van der Waals surface area contributed by atoms with Crippen molar-refractivity contribution in [2.75, 3.05) is 19.0 Å². The molecule has 0 bridgehead atoms. The summed E-state index contributed by atoms with van der Waals surface area (Å²) in [5.74, 6) is 0.989. The summed E-state index contributed by atoms with van der Waals surface area (Å²) in [6.45, 7) is 2.63. The first-order valence-electron chi connectivity index (χ1n) is 5.47. The van der Waals surface area contributed by atoms with Gasteiger partial charge in [0.15, 0.2) is 5.78 Å². The molecule has 1 aromatic rings. The molecule has 0 aromatic carbocycles. The monoisotopic (exact) mass is 349 g/mol. The van der Waals surface area contributed by atoms with Gasteiger partial charge < -0.3 is 10.0 Å². The van der Waals surface area contributed by atoms with Gasteiger partial charge in [-0.3, -0.25) is 4.79 Å². The molecular weight excluding hydrogens is 334 g/mol. The first kappa shape index (κ1) is 15.8. The number of nitrogens with zero attached hydrogens (tertiary/aromatic N) is 1. The fraction of sp³-hybridized carbons (Fsp3) is 0.417. The molecule has 0 aliphatic carbocycles. The molecule has 0 saturated carbocycles. The van der Waals surface area contributed by atoms with Gasteiger partial charge in [-0.25, -0.2) is 0 Å². The predicted molar refractivity (Wildman–Crippen MR) is 82.5 cm³/mol. The van der Waals surface area contributed by atoms with Crippen LogP contribution in [0.4, 0.5) is 0 Å². The van der Waals surface area contributed by atoms with E-state index < -0.39 is 0 Å². The lowest BCUT2D eigenvalue weighted by atomic mass is 10.2. The summed E-state index contributed by atoms with van der Waals surface area (Å²) in [7, 11) is 0. The van der Waals surface area contributed by atoms with E-state index in [0.717, 1.165) is 16.5 Å². The number of aliphatic hydroxyl groups excluding tert-OH is 1.